The third-order valence-corrected chi connectivity index (χ3v) is 4.38. The van der Waals surface area contributed by atoms with Crippen LogP contribution in [-0.4, -0.2) is 35.4 Å². The van der Waals surface area contributed by atoms with Gasteiger partial charge in [0.05, 0.1) is 16.5 Å². The summed E-state index contributed by atoms with van der Waals surface area (Å²) in [6.45, 7) is 1.99. The lowest BCUT2D eigenvalue weighted by Gasteiger charge is -2.08. The van der Waals surface area contributed by atoms with Gasteiger partial charge in [-0.05, 0) is 41.6 Å². The van der Waals surface area contributed by atoms with Crippen molar-refractivity contribution in [2.45, 2.75) is 17.4 Å². The SMILES string of the molecule is C[C@H](Sc1nnc(-c2cccnc2)o1)c1nnnn1-c1ccccc1. The lowest BCUT2D eigenvalue weighted by molar-refractivity contribution is 0.464. The highest BCUT2D eigenvalue weighted by Crippen LogP contribution is 2.34. The first-order valence-corrected chi connectivity index (χ1v) is 8.43. The van der Waals surface area contributed by atoms with Gasteiger partial charge in [-0.25, -0.2) is 0 Å². The second kappa shape index (κ2) is 6.81. The normalized spacial score (nSPS) is 12.2. The molecule has 124 valence electrons. The van der Waals surface area contributed by atoms with Crippen LogP contribution in [0.15, 0.2) is 64.5 Å². The zero-order chi connectivity index (χ0) is 17.1. The number of thioether (sulfide) groups is 1. The van der Waals surface area contributed by atoms with Crippen molar-refractivity contribution in [1.29, 1.82) is 0 Å². The Balaban J connectivity index is 1.55. The quantitative estimate of drug-likeness (QED) is 0.506. The first kappa shape index (κ1) is 15.5. The maximum absolute atomic E-state index is 5.71. The standard InChI is InChI=1S/C16H13N7OS/c1-11(14-18-21-22-23(14)13-7-3-2-4-8-13)25-16-20-19-15(24-16)12-6-5-9-17-10-12/h2-11H,1H3/t11-/m0/s1. The predicted molar refractivity (Wildman–Crippen MR) is 91.0 cm³/mol. The molecule has 0 aliphatic carbocycles. The van der Waals surface area contributed by atoms with E-state index in [0.717, 1.165) is 11.3 Å². The number of benzene rings is 1. The monoisotopic (exact) mass is 351 g/mol. The Morgan fingerprint density at radius 2 is 1.92 bits per heavy atom. The van der Waals surface area contributed by atoms with Crippen molar-refractivity contribution in [3.63, 3.8) is 0 Å². The third-order valence-electron chi connectivity index (χ3n) is 3.45. The number of hydrogen-bond donors (Lipinski definition) is 0. The van der Waals surface area contributed by atoms with E-state index in [4.69, 9.17) is 4.42 Å². The van der Waals surface area contributed by atoms with Crippen LogP contribution in [0.1, 0.15) is 18.0 Å². The Bertz CT molecular complexity index is 955. The van der Waals surface area contributed by atoms with Crippen LogP contribution in [0.4, 0.5) is 0 Å². The molecule has 0 aliphatic heterocycles. The number of para-hydroxylation sites is 1. The van der Waals surface area contributed by atoms with Gasteiger partial charge in [0.1, 0.15) is 0 Å². The first-order valence-electron chi connectivity index (χ1n) is 7.55. The van der Waals surface area contributed by atoms with Gasteiger partial charge in [0.25, 0.3) is 5.22 Å². The van der Waals surface area contributed by atoms with Crippen LogP contribution in [0.2, 0.25) is 0 Å². The highest BCUT2D eigenvalue weighted by Gasteiger charge is 2.20. The molecule has 1 atom stereocenters. The molecule has 25 heavy (non-hydrogen) atoms. The van der Waals surface area contributed by atoms with Crippen molar-refractivity contribution in [3.8, 4) is 17.1 Å². The summed E-state index contributed by atoms with van der Waals surface area (Å²) in [4.78, 5) is 4.05. The third kappa shape index (κ3) is 3.26. The summed E-state index contributed by atoms with van der Waals surface area (Å²) < 4.78 is 7.41. The number of pyridine rings is 1. The van der Waals surface area contributed by atoms with E-state index < -0.39 is 0 Å². The fourth-order valence-corrected chi connectivity index (χ4v) is 3.04. The van der Waals surface area contributed by atoms with Gasteiger partial charge in [0.2, 0.25) is 5.89 Å². The van der Waals surface area contributed by atoms with Crippen LogP contribution in [0.5, 0.6) is 0 Å². The van der Waals surface area contributed by atoms with Crippen LogP contribution >= 0.6 is 11.8 Å². The van der Waals surface area contributed by atoms with Crippen molar-refractivity contribution < 1.29 is 4.42 Å². The summed E-state index contributed by atoms with van der Waals surface area (Å²) in [5.74, 6) is 1.14. The zero-order valence-corrected chi connectivity index (χ0v) is 14.0. The molecule has 0 bridgehead atoms. The Labute approximate surface area is 147 Å². The summed E-state index contributed by atoms with van der Waals surface area (Å²) in [6.07, 6.45) is 3.38. The van der Waals surface area contributed by atoms with E-state index in [0.29, 0.717) is 16.9 Å². The average molecular weight is 351 g/mol. The van der Waals surface area contributed by atoms with Crippen LogP contribution in [0.3, 0.4) is 0 Å². The molecular weight excluding hydrogens is 338 g/mol. The average Bonchev–Trinajstić information content (AvgIpc) is 3.33. The summed E-state index contributed by atoms with van der Waals surface area (Å²) in [5.41, 5.74) is 1.68. The van der Waals surface area contributed by atoms with E-state index in [9.17, 15) is 0 Å². The van der Waals surface area contributed by atoms with Crippen molar-refractivity contribution in [2.24, 2.45) is 0 Å². The molecule has 8 nitrogen and oxygen atoms in total. The molecule has 0 unspecified atom stereocenters. The van der Waals surface area contributed by atoms with Crippen molar-refractivity contribution >= 4 is 11.8 Å². The van der Waals surface area contributed by atoms with Crippen LogP contribution in [0.25, 0.3) is 17.1 Å². The maximum Gasteiger partial charge on any atom is 0.277 e. The fourth-order valence-electron chi connectivity index (χ4n) is 2.27. The Morgan fingerprint density at radius 3 is 2.72 bits per heavy atom. The van der Waals surface area contributed by atoms with Gasteiger partial charge < -0.3 is 4.42 Å². The highest BCUT2D eigenvalue weighted by molar-refractivity contribution is 7.99. The molecule has 4 rings (SSSR count). The molecule has 0 radical (unpaired) electrons. The minimum Gasteiger partial charge on any atom is -0.411 e. The lowest BCUT2D eigenvalue weighted by Crippen LogP contribution is -2.04. The van der Waals surface area contributed by atoms with Gasteiger partial charge in [-0.3, -0.25) is 4.98 Å². The van der Waals surface area contributed by atoms with Gasteiger partial charge in [-0.2, -0.15) is 4.68 Å². The molecule has 0 spiro atoms. The van der Waals surface area contributed by atoms with Crippen molar-refractivity contribution in [3.05, 3.63) is 60.7 Å². The van der Waals surface area contributed by atoms with E-state index in [1.165, 1.54) is 11.8 Å². The van der Waals surface area contributed by atoms with Gasteiger partial charge in [-0.1, -0.05) is 30.0 Å². The number of nitrogens with zero attached hydrogens (tertiary/aromatic N) is 7. The molecule has 0 aliphatic rings. The van der Waals surface area contributed by atoms with Gasteiger partial charge in [0.15, 0.2) is 5.82 Å². The molecule has 0 fully saturated rings. The van der Waals surface area contributed by atoms with E-state index in [2.05, 4.69) is 30.7 Å². The maximum atomic E-state index is 5.71. The highest BCUT2D eigenvalue weighted by atomic mass is 32.2. The minimum absolute atomic E-state index is 0.0718. The number of hydrogen-bond acceptors (Lipinski definition) is 8. The predicted octanol–water partition coefficient (Wildman–Crippen LogP) is 2.96. The van der Waals surface area contributed by atoms with E-state index in [1.54, 1.807) is 17.1 Å². The second-order valence-corrected chi connectivity index (χ2v) is 6.45. The zero-order valence-electron chi connectivity index (χ0n) is 13.2. The van der Waals surface area contributed by atoms with E-state index in [-0.39, 0.29) is 5.25 Å². The van der Waals surface area contributed by atoms with Gasteiger partial charge in [-0.15, -0.1) is 15.3 Å². The minimum atomic E-state index is -0.0718. The Kier molecular flexibility index (Phi) is 4.21. The van der Waals surface area contributed by atoms with Crippen LogP contribution in [-0.2, 0) is 0 Å². The van der Waals surface area contributed by atoms with Gasteiger partial charge >= 0.3 is 0 Å². The summed E-state index contributed by atoms with van der Waals surface area (Å²) in [6, 6.07) is 13.4. The van der Waals surface area contributed by atoms with Crippen LogP contribution in [0, 0.1) is 0 Å². The van der Waals surface area contributed by atoms with E-state index >= 15 is 0 Å². The largest absolute Gasteiger partial charge is 0.411 e. The van der Waals surface area contributed by atoms with Crippen molar-refractivity contribution in [2.75, 3.05) is 0 Å². The van der Waals surface area contributed by atoms with E-state index in [1.807, 2.05) is 49.4 Å². The van der Waals surface area contributed by atoms with Gasteiger partial charge in [0, 0.05) is 12.4 Å². The fraction of sp³-hybridized carbons (Fsp3) is 0.125. The molecule has 3 aromatic heterocycles. The number of aromatic nitrogens is 7. The molecule has 0 saturated heterocycles. The number of rotatable bonds is 5. The first-order chi connectivity index (χ1) is 12.3. The van der Waals surface area contributed by atoms with Crippen molar-refractivity contribution in [1.82, 2.24) is 35.4 Å². The molecule has 0 amide bonds. The molecule has 3 heterocycles. The Morgan fingerprint density at radius 1 is 1.04 bits per heavy atom. The second-order valence-electron chi connectivity index (χ2n) is 5.16. The molecular formula is C16H13N7OS. The summed E-state index contributed by atoms with van der Waals surface area (Å²) in [7, 11) is 0. The summed E-state index contributed by atoms with van der Waals surface area (Å²) >= 11 is 1.40. The molecule has 1 aromatic carbocycles. The molecule has 9 heteroatoms. The summed E-state index contributed by atoms with van der Waals surface area (Å²) in [5, 5.41) is 20.5. The molecule has 0 saturated carbocycles. The lowest BCUT2D eigenvalue weighted by atomic mass is 10.3. The molecule has 0 N–H and O–H groups in total. The van der Waals surface area contributed by atoms with Crippen LogP contribution < -0.4 is 0 Å². The number of tetrazole rings is 1. The topological polar surface area (TPSA) is 95.4 Å². The molecule has 4 aromatic rings. The Hall–Kier alpha value is -3.07. The smallest absolute Gasteiger partial charge is 0.277 e.